The first-order valence-corrected chi connectivity index (χ1v) is 10.5. The van der Waals surface area contributed by atoms with Crippen molar-refractivity contribution in [2.45, 2.75) is 63.7 Å². The van der Waals surface area contributed by atoms with E-state index in [9.17, 15) is 44.3 Å². The molecule has 0 spiro atoms. The average Bonchev–Trinajstić information content (AvgIpc) is 2.82. The summed E-state index contributed by atoms with van der Waals surface area (Å²) in [6, 6.07) is 0.0830. The summed E-state index contributed by atoms with van der Waals surface area (Å²) in [7, 11) is 0. The lowest BCUT2D eigenvalue weighted by atomic mass is 9.88. The molecule has 0 unspecified atom stereocenters. The number of hydrogen-bond acceptors (Lipinski definition) is 3. The van der Waals surface area contributed by atoms with Gasteiger partial charge in [-0.25, -0.2) is 4.79 Å². The van der Waals surface area contributed by atoms with E-state index in [0.29, 0.717) is 29.2 Å². The van der Waals surface area contributed by atoms with Crippen molar-refractivity contribution in [3.63, 3.8) is 0 Å². The van der Waals surface area contributed by atoms with Crippen molar-refractivity contribution in [3.8, 4) is 0 Å². The quantitative estimate of drug-likeness (QED) is 0.389. The molecule has 0 radical (unpaired) electrons. The third-order valence-corrected chi connectivity index (χ3v) is 5.69. The summed E-state index contributed by atoms with van der Waals surface area (Å²) < 4.78 is 170. The zero-order valence-electron chi connectivity index (χ0n) is 24.6. The number of halogens is 9. The molecule has 0 bridgehead atoms. The molecule has 37 heavy (non-hydrogen) atoms. The molecule has 3 rings (SSSR count). The molecule has 1 heterocycles. The van der Waals surface area contributed by atoms with Crippen LogP contribution in [0.15, 0.2) is 36.4 Å². The van der Waals surface area contributed by atoms with Crippen molar-refractivity contribution in [1.82, 2.24) is 5.32 Å². The molecule has 4 nitrogen and oxygen atoms in total. The van der Waals surface area contributed by atoms with Crippen molar-refractivity contribution in [2.75, 3.05) is 11.5 Å². The number of nitrogens with one attached hydrogen (secondary N) is 1. The summed E-state index contributed by atoms with van der Waals surface area (Å²) in [6.07, 6.45) is -17.8. The molecular weight excluding hydrogens is 519 g/mol. The molecule has 1 aliphatic rings. The van der Waals surface area contributed by atoms with E-state index in [4.69, 9.17) is 13.0 Å². The molecule has 0 saturated carbocycles. The van der Waals surface area contributed by atoms with Crippen LogP contribution < -0.4 is 10.2 Å². The van der Waals surface area contributed by atoms with Crippen LogP contribution in [-0.2, 0) is 29.8 Å². The number of hydrogen-bond donors (Lipinski definition) is 1. The number of benzene rings is 2. The van der Waals surface area contributed by atoms with E-state index in [1.54, 1.807) is 0 Å². The standard InChI is InChI=1S/C24H23F9N2O2/c1-3-17-11-19(34-12-13-7-15(23(28,29)30)9-16(8-13)24(31,32)33)18-10-14(22(25,26)27)5-6-20(18)35(17)21(36)37-4-2/h5-10,17,19,34H,3-4,11-12H2,1-2H3/t17-,19-/m0/s1/i1D3,2D3. The highest BCUT2D eigenvalue weighted by molar-refractivity contribution is 5.90. The zero-order chi connectivity index (χ0) is 32.8. The summed E-state index contributed by atoms with van der Waals surface area (Å²) in [5.74, 6) is 0. The minimum atomic E-state index is -5.16. The highest BCUT2D eigenvalue weighted by Gasteiger charge is 2.40. The number of carbonyl (C=O) groups excluding carboxylic acids is 1. The Kier molecular flexibility index (Phi) is 5.92. The Morgan fingerprint density at radius 3 is 2.11 bits per heavy atom. The van der Waals surface area contributed by atoms with Gasteiger partial charge < -0.3 is 10.1 Å². The lowest BCUT2D eigenvalue weighted by Crippen LogP contribution is -2.47. The van der Waals surface area contributed by atoms with Crippen LogP contribution in [0.4, 0.5) is 50.0 Å². The molecule has 1 amide bonds. The summed E-state index contributed by atoms with van der Waals surface area (Å²) >= 11 is 0. The maximum Gasteiger partial charge on any atom is 0.416 e. The van der Waals surface area contributed by atoms with Crippen LogP contribution in [0.3, 0.4) is 0 Å². The molecule has 0 saturated heterocycles. The van der Waals surface area contributed by atoms with Crippen LogP contribution in [0.5, 0.6) is 0 Å². The van der Waals surface area contributed by atoms with E-state index >= 15 is 0 Å². The van der Waals surface area contributed by atoms with Crippen molar-refractivity contribution in [3.05, 3.63) is 64.2 Å². The van der Waals surface area contributed by atoms with Crippen molar-refractivity contribution >= 4 is 11.8 Å². The topological polar surface area (TPSA) is 41.6 Å². The summed E-state index contributed by atoms with van der Waals surface area (Å²) in [5, 5.41) is 2.61. The Morgan fingerprint density at radius 2 is 1.57 bits per heavy atom. The number of nitrogens with zero attached hydrogens (tertiary/aromatic N) is 1. The summed E-state index contributed by atoms with van der Waals surface area (Å²) in [4.78, 5) is 13.6. The molecule has 2 aromatic rings. The molecule has 2 atom stereocenters. The second-order valence-electron chi connectivity index (χ2n) is 8.14. The molecule has 2 aromatic carbocycles. The summed E-state index contributed by atoms with van der Waals surface area (Å²) in [5.41, 5.74) is -5.60. The van der Waals surface area contributed by atoms with Crippen LogP contribution in [0.2, 0.25) is 0 Å². The van der Waals surface area contributed by atoms with Gasteiger partial charge in [0.1, 0.15) is 0 Å². The summed E-state index contributed by atoms with van der Waals surface area (Å²) in [6.45, 7) is -7.34. The number of alkyl halides is 9. The third-order valence-electron chi connectivity index (χ3n) is 5.69. The average molecular weight is 548 g/mol. The van der Waals surface area contributed by atoms with Crippen molar-refractivity contribution < 1.29 is 57.3 Å². The highest BCUT2D eigenvalue weighted by atomic mass is 19.4. The first kappa shape index (κ1) is 21.0. The SMILES string of the molecule is [2H]C([2H])([2H])COC(=O)N1c2ccc(C(F)(F)F)cc2[C@@H](NCc2cc(C(F)(F)F)cc(C(F)(F)F)c2)C[C@@H]1CC([2H])([2H])[2H]. The monoisotopic (exact) mass is 548 g/mol. The van der Waals surface area contributed by atoms with E-state index in [2.05, 4.69) is 5.32 Å². The number of amides is 1. The number of anilines is 1. The van der Waals surface area contributed by atoms with E-state index in [1.165, 1.54) is 0 Å². The Labute approximate surface area is 214 Å². The van der Waals surface area contributed by atoms with Gasteiger partial charge in [0.2, 0.25) is 0 Å². The van der Waals surface area contributed by atoms with Gasteiger partial charge >= 0.3 is 24.6 Å². The van der Waals surface area contributed by atoms with Gasteiger partial charge in [-0.3, -0.25) is 4.90 Å². The van der Waals surface area contributed by atoms with Gasteiger partial charge in [-0.15, -0.1) is 0 Å². The molecule has 0 fully saturated rings. The molecular formula is C24H23F9N2O2. The lowest BCUT2D eigenvalue weighted by Gasteiger charge is -2.40. The molecule has 204 valence electrons. The highest BCUT2D eigenvalue weighted by Crippen LogP contribution is 2.42. The van der Waals surface area contributed by atoms with Crippen LogP contribution in [0, 0.1) is 0 Å². The predicted octanol–water partition coefficient (Wildman–Crippen LogP) is 7.72. The number of ether oxygens (including phenoxy) is 1. The Bertz CT molecular complexity index is 1290. The molecule has 0 aliphatic carbocycles. The lowest BCUT2D eigenvalue weighted by molar-refractivity contribution is -0.143. The second kappa shape index (κ2) is 10.4. The Hall–Kier alpha value is -2.96. The first-order valence-electron chi connectivity index (χ1n) is 13.5. The van der Waals surface area contributed by atoms with E-state index < -0.39 is 98.7 Å². The Morgan fingerprint density at radius 1 is 0.946 bits per heavy atom. The largest absolute Gasteiger partial charge is 0.449 e. The van der Waals surface area contributed by atoms with Crippen molar-refractivity contribution in [2.24, 2.45) is 0 Å². The Balaban J connectivity index is 2.09. The van der Waals surface area contributed by atoms with Gasteiger partial charge in [-0.1, -0.05) is 6.85 Å². The van der Waals surface area contributed by atoms with Crippen LogP contribution in [-0.4, -0.2) is 18.7 Å². The minimum Gasteiger partial charge on any atom is -0.449 e. The van der Waals surface area contributed by atoms with E-state index in [-0.39, 0.29) is 17.3 Å². The maximum atomic E-state index is 13.6. The minimum absolute atomic E-state index is 0.0931. The number of carbonyl (C=O) groups is 1. The fraction of sp³-hybridized carbons (Fsp3) is 0.458. The van der Waals surface area contributed by atoms with Crippen LogP contribution in [0.25, 0.3) is 0 Å². The fourth-order valence-electron chi connectivity index (χ4n) is 4.04. The van der Waals surface area contributed by atoms with E-state index in [0.717, 1.165) is 6.07 Å². The predicted molar refractivity (Wildman–Crippen MR) is 116 cm³/mol. The van der Waals surface area contributed by atoms with Gasteiger partial charge in [-0.05, 0) is 67.2 Å². The van der Waals surface area contributed by atoms with Crippen molar-refractivity contribution in [1.29, 1.82) is 0 Å². The second-order valence-corrected chi connectivity index (χ2v) is 8.14. The molecule has 1 N–H and O–H groups in total. The van der Waals surface area contributed by atoms with Crippen LogP contribution in [0.1, 0.15) is 68.6 Å². The van der Waals surface area contributed by atoms with Gasteiger partial charge in [0, 0.05) is 26.9 Å². The van der Waals surface area contributed by atoms with Crippen LogP contribution >= 0.6 is 0 Å². The maximum absolute atomic E-state index is 13.6. The number of fused-ring (bicyclic) bond motifs is 1. The molecule has 13 heteroatoms. The van der Waals surface area contributed by atoms with Gasteiger partial charge in [0.25, 0.3) is 0 Å². The van der Waals surface area contributed by atoms with E-state index in [1.807, 2.05) is 0 Å². The van der Waals surface area contributed by atoms with Gasteiger partial charge in [0.15, 0.2) is 0 Å². The molecule has 0 aromatic heterocycles. The number of rotatable bonds is 5. The van der Waals surface area contributed by atoms with Gasteiger partial charge in [0.05, 0.1) is 29.0 Å². The fourth-order valence-corrected chi connectivity index (χ4v) is 4.04. The van der Waals surface area contributed by atoms with Gasteiger partial charge in [-0.2, -0.15) is 39.5 Å². The third kappa shape index (κ3) is 6.49. The molecule has 1 aliphatic heterocycles. The first-order chi connectivity index (χ1) is 19.3. The zero-order valence-corrected chi connectivity index (χ0v) is 18.6. The normalized spacial score (nSPS) is 21.6. The smallest absolute Gasteiger partial charge is 0.416 e.